The van der Waals surface area contributed by atoms with Gasteiger partial charge in [0.2, 0.25) is 0 Å². The fraction of sp³-hybridized carbons (Fsp3) is 0.364. The van der Waals surface area contributed by atoms with E-state index in [4.69, 9.17) is 9.47 Å². The predicted molar refractivity (Wildman–Crippen MR) is 111 cm³/mol. The van der Waals surface area contributed by atoms with Gasteiger partial charge in [0.15, 0.2) is 0 Å². The van der Waals surface area contributed by atoms with Gasteiger partial charge >= 0.3 is 0 Å². The molecule has 0 aliphatic carbocycles. The third-order valence-electron chi connectivity index (χ3n) is 5.47. The van der Waals surface area contributed by atoms with Crippen LogP contribution in [0.3, 0.4) is 0 Å². The Labute approximate surface area is 170 Å². The number of anilines is 1. The summed E-state index contributed by atoms with van der Waals surface area (Å²) in [6, 6.07) is 11.0. The first-order chi connectivity index (χ1) is 14.0. The highest BCUT2D eigenvalue weighted by Gasteiger charge is 2.32. The molecule has 1 amide bonds. The smallest absolute Gasteiger partial charge is 0.254 e. The Hall–Kier alpha value is -3.06. The molecule has 152 valence electrons. The number of nitrogens with zero attached hydrogens (tertiary/aromatic N) is 3. The largest absolute Gasteiger partial charge is 0.496 e. The molecular formula is C22H25N3O4. The summed E-state index contributed by atoms with van der Waals surface area (Å²) in [4.78, 5) is 14.7. The molecule has 1 atom stereocenters. The average molecular weight is 395 g/mol. The molecule has 2 aliphatic heterocycles. The summed E-state index contributed by atoms with van der Waals surface area (Å²) >= 11 is 0. The third kappa shape index (κ3) is 3.53. The summed E-state index contributed by atoms with van der Waals surface area (Å²) < 4.78 is 10.9. The summed E-state index contributed by atoms with van der Waals surface area (Å²) in [6.45, 7) is 3.42. The van der Waals surface area contributed by atoms with Crippen LogP contribution in [0.1, 0.15) is 40.9 Å². The Morgan fingerprint density at radius 1 is 1.10 bits per heavy atom. The Morgan fingerprint density at radius 3 is 2.41 bits per heavy atom. The second-order valence-electron chi connectivity index (χ2n) is 7.32. The van der Waals surface area contributed by atoms with Crippen LogP contribution in [0.2, 0.25) is 0 Å². The summed E-state index contributed by atoms with van der Waals surface area (Å²) in [7, 11) is 3.15. The lowest BCUT2D eigenvalue weighted by Crippen LogP contribution is -2.38. The zero-order valence-electron chi connectivity index (χ0n) is 16.9. The van der Waals surface area contributed by atoms with Crippen molar-refractivity contribution in [3.05, 3.63) is 53.1 Å². The molecule has 1 N–H and O–H groups in total. The van der Waals surface area contributed by atoms with E-state index < -0.39 is 6.10 Å². The molecule has 7 heteroatoms. The molecule has 2 heterocycles. The van der Waals surface area contributed by atoms with Crippen molar-refractivity contribution in [2.45, 2.75) is 26.0 Å². The minimum atomic E-state index is -0.839. The lowest BCUT2D eigenvalue weighted by Gasteiger charge is -2.34. The minimum Gasteiger partial charge on any atom is -0.496 e. The zero-order chi connectivity index (χ0) is 20.5. The number of aliphatic hydroxyl groups is 1. The van der Waals surface area contributed by atoms with Gasteiger partial charge in [-0.05, 0) is 43.3 Å². The number of ether oxygens (including phenoxy) is 2. The first kappa shape index (κ1) is 19.3. The Kier molecular flexibility index (Phi) is 5.15. The van der Waals surface area contributed by atoms with Crippen LogP contribution in [0.4, 0.5) is 5.69 Å². The standard InChI is InChI=1S/C22H25N3O4/c1-14-10-11-25(23-14)16-6-4-15(5-7-16)22(27)24-12-17-19(28-2)8-9-20(29-3)21(17)18(26)13-24/h4-9,18,26H,10-13H2,1-3H3/t18-/m1/s1. The van der Waals surface area contributed by atoms with Gasteiger partial charge < -0.3 is 19.5 Å². The van der Waals surface area contributed by atoms with Gasteiger partial charge in [-0.25, -0.2) is 0 Å². The van der Waals surface area contributed by atoms with Crippen LogP contribution in [-0.2, 0) is 6.54 Å². The molecule has 0 aromatic heterocycles. The first-order valence-corrected chi connectivity index (χ1v) is 9.64. The van der Waals surface area contributed by atoms with Gasteiger partial charge in [-0.15, -0.1) is 0 Å². The van der Waals surface area contributed by atoms with Crippen LogP contribution < -0.4 is 14.5 Å². The van der Waals surface area contributed by atoms with Gasteiger partial charge in [0.05, 0.1) is 33.0 Å². The summed E-state index contributed by atoms with van der Waals surface area (Å²) in [6.07, 6.45) is 0.116. The first-order valence-electron chi connectivity index (χ1n) is 9.64. The van der Waals surface area contributed by atoms with Gasteiger partial charge in [-0.3, -0.25) is 9.80 Å². The molecule has 2 aromatic rings. The van der Waals surface area contributed by atoms with Crippen molar-refractivity contribution in [3.8, 4) is 11.5 Å². The second-order valence-corrected chi connectivity index (χ2v) is 7.32. The van der Waals surface area contributed by atoms with Crippen LogP contribution in [-0.4, -0.2) is 48.9 Å². The van der Waals surface area contributed by atoms with E-state index in [-0.39, 0.29) is 12.5 Å². The lowest BCUT2D eigenvalue weighted by atomic mass is 9.94. The van der Waals surface area contributed by atoms with Gasteiger partial charge in [0.1, 0.15) is 17.6 Å². The highest BCUT2D eigenvalue weighted by atomic mass is 16.5. The third-order valence-corrected chi connectivity index (χ3v) is 5.47. The summed E-state index contributed by atoms with van der Waals surface area (Å²) in [5, 5.41) is 17.2. The molecule has 7 nitrogen and oxygen atoms in total. The number of hydrogen-bond acceptors (Lipinski definition) is 6. The predicted octanol–water partition coefficient (Wildman–Crippen LogP) is 2.98. The molecule has 0 bridgehead atoms. The van der Waals surface area contributed by atoms with E-state index in [1.165, 1.54) is 0 Å². The van der Waals surface area contributed by atoms with E-state index in [1.54, 1.807) is 31.3 Å². The number of benzene rings is 2. The van der Waals surface area contributed by atoms with Crippen molar-refractivity contribution < 1.29 is 19.4 Å². The molecule has 0 spiro atoms. The van der Waals surface area contributed by atoms with E-state index in [0.29, 0.717) is 29.2 Å². The number of aliphatic hydroxyl groups excluding tert-OH is 1. The molecule has 0 unspecified atom stereocenters. The molecule has 0 radical (unpaired) electrons. The van der Waals surface area contributed by atoms with Gasteiger partial charge in [-0.1, -0.05) is 0 Å². The van der Waals surface area contributed by atoms with E-state index in [1.807, 2.05) is 36.2 Å². The maximum atomic E-state index is 13.1. The molecule has 0 fully saturated rings. The number of fused-ring (bicyclic) bond motifs is 1. The van der Waals surface area contributed by atoms with Gasteiger partial charge in [0, 0.05) is 35.4 Å². The highest BCUT2D eigenvalue weighted by molar-refractivity contribution is 5.95. The normalized spacial score (nSPS) is 18.3. The number of carbonyl (C=O) groups is 1. The Morgan fingerprint density at radius 2 is 1.79 bits per heavy atom. The lowest BCUT2D eigenvalue weighted by molar-refractivity contribution is 0.0538. The fourth-order valence-corrected chi connectivity index (χ4v) is 3.95. The second kappa shape index (κ2) is 7.75. The van der Waals surface area contributed by atoms with Crippen LogP contribution >= 0.6 is 0 Å². The number of β-amino-alcohol motifs (C(OH)–C–C–N with tert-alkyl or cyclic N) is 1. The molecular weight excluding hydrogens is 370 g/mol. The number of hydrogen-bond donors (Lipinski definition) is 1. The van der Waals surface area contributed by atoms with Crippen molar-refractivity contribution >= 4 is 17.3 Å². The molecule has 0 saturated carbocycles. The van der Waals surface area contributed by atoms with Crippen LogP contribution in [0.25, 0.3) is 0 Å². The molecule has 0 saturated heterocycles. The minimum absolute atomic E-state index is 0.132. The van der Waals surface area contributed by atoms with Crippen LogP contribution in [0, 0.1) is 0 Å². The monoisotopic (exact) mass is 395 g/mol. The number of amides is 1. The summed E-state index contributed by atoms with van der Waals surface area (Å²) in [5.41, 5.74) is 4.11. The Balaban J connectivity index is 1.58. The molecule has 4 rings (SSSR count). The van der Waals surface area contributed by atoms with E-state index in [0.717, 1.165) is 29.9 Å². The number of rotatable bonds is 4. The van der Waals surface area contributed by atoms with Crippen molar-refractivity contribution in [2.75, 3.05) is 32.3 Å². The van der Waals surface area contributed by atoms with Gasteiger partial charge in [-0.2, -0.15) is 5.10 Å². The average Bonchev–Trinajstić information content (AvgIpc) is 3.18. The number of methoxy groups -OCH3 is 2. The van der Waals surface area contributed by atoms with Crippen molar-refractivity contribution in [2.24, 2.45) is 5.10 Å². The van der Waals surface area contributed by atoms with Crippen molar-refractivity contribution in [3.63, 3.8) is 0 Å². The molecule has 2 aromatic carbocycles. The zero-order valence-corrected chi connectivity index (χ0v) is 16.9. The van der Waals surface area contributed by atoms with E-state index >= 15 is 0 Å². The van der Waals surface area contributed by atoms with E-state index in [9.17, 15) is 9.90 Å². The maximum Gasteiger partial charge on any atom is 0.254 e. The maximum absolute atomic E-state index is 13.1. The summed E-state index contributed by atoms with van der Waals surface area (Å²) in [5.74, 6) is 1.11. The van der Waals surface area contributed by atoms with Crippen molar-refractivity contribution in [1.82, 2.24) is 4.90 Å². The Bertz CT molecular complexity index is 955. The fourth-order valence-electron chi connectivity index (χ4n) is 3.95. The molecule has 2 aliphatic rings. The highest BCUT2D eigenvalue weighted by Crippen LogP contribution is 2.39. The van der Waals surface area contributed by atoms with Crippen LogP contribution in [0.5, 0.6) is 11.5 Å². The number of carbonyl (C=O) groups excluding carboxylic acids is 1. The van der Waals surface area contributed by atoms with Crippen molar-refractivity contribution in [1.29, 1.82) is 0 Å². The van der Waals surface area contributed by atoms with Gasteiger partial charge in [0.25, 0.3) is 5.91 Å². The van der Waals surface area contributed by atoms with Crippen LogP contribution in [0.15, 0.2) is 41.5 Å². The quantitative estimate of drug-likeness (QED) is 0.862. The van der Waals surface area contributed by atoms with E-state index in [2.05, 4.69) is 5.10 Å². The number of hydrazone groups is 1. The molecule has 29 heavy (non-hydrogen) atoms. The SMILES string of the molecule is COc1ccc(OC)c2c1CN(C(=O)c1ccc(N3CCC(C)=N3)cc1)C[C@H]2O. The topological polar surface area (TPSA) is 74.6 Å².